The van der Waals surface area contributed by atoms with Crippen molar-refractivity contribution in [3.8, 4) is 5.75 Å². The van der Waals surface area contributed by atoms with Gasteiger partial charge >= 0.3 is 5.97 Å². The molecule has 2 aromatic carbocycles. The van der Waals surface area contributed by atoms with Gasteiger partial charge in [-0.25, -0.2) is 0 Å². The second kappa shape index (κ2) is 13.7. The van der Waals surface area contributed by atoms with Crippen LogP contribution in [-0.2, 0) is 26.3 Å². The number of unbranched alkanes of at least 4 members (excludes halogenated alkanes) is 5. The molecule has 2 heterocycles. The highest BCUT2D eigenvalue weighted by atomic mass is 16.6. The number of nitrogens with zero attached hydrogens (tertiary/aromatic N) is 2. The molecule has 0 saturated heterocycles. The summed E-state index contributed by atoms with van der Waals surface area (Å²) in [5, 5.41) is 21.5. The molecule has 0 saturated carbocycles. The lowest BCUT2D eigenvalue weighted by Crippen LogP contribution is -2.60. The van der Waals surface area contributed by atoms with Crippen molar-refractivity contribution in [3.63, 3.8) is 0 Å². The lowest BCUT2D eigenvalue weighted by atomic mass is 9.76. The highest BCUT2D eigenvalue weighted by molar-refractivity contribution is 5.80. The number of ketones is 1. The minimum Gasteiger partial charge on any atom is -0.464 e. The van der Waals surface area contributed by atoms with E-state index < -0.39 is 22.7 Å². The molecule has 1 unspecified atom stereocenters. The molecule has 9 heteroatoms. The largest absolute Gasteiger partial charge is 0.464 e. The molecule has 0 aliphatic carbocycles. The van der Waals surface area contributed by atoms with E-state index in [9.17, 15) is 24.8 Å². The molecule has 0 aromatic heterocycles. The Hall–Kier alpha value is -3.72. The summed E-state index contributed by atoms with van der Waals surface area (Å²) < 4.78 is 12.4. The number of aliphatic hydroxyl groups is 1. The third-order valence-corrected chi connectivity index (χ3v) is 8.75. The monoisotopic (exact) mass is 592 g/mol. The minimum absolute atomic E-state index is 0.108. The number of anilines is 1. The average molecular weight is 593 g/mol. The van der Waals surface area contributed by atoms with Crippen LogP contribution >= 0.6 is 0 Å². The smallest absolute Gasteiger partial charge is 0.305 e. The molecule has 43 heavy (non-hydrogen) atoms. The maximum Gasteiger partial charge on any atom is 0.305 e. The zero-order chi connectivity index (χ0) is 31.2. The lowest BCUT2D eigenvalue weighted by Gasteiger charge is -2.47. The second-order valence-corrected chi connectivity index (χ2v) is 12.3. The number of benzene rings is 2. The molecule has 9 nitrogen and oxygen atoms in total. The number of esters is 1. The molecule has 0 bridgehead atoms. The SMILES string of the molecule is CC(C)C(=O)CCCCCCCCC(=O)OCCN1c2ccccc2C(C)(C)C12C=Cc1cc([N+](=O)[O-])cc(CO)c1O2. The van der Waals surface area contributed by atoms with Crippen molar-refractivity contribution < 1.29 is 29.1 Å². The van der Waals surface area contributed by atoms with E-state index >= 15 is 0 Å². The lowest BCUT2D eigenvalue weighted by molar-refractivity contribution is -0.385. The molecule has 1 spiro atoms. The fraction of sp³-hybridized carbons (Fsp3) is 0.529. The number of carbonyl (C=O) groups excluding carboxylic acids is 2. The molecular formula is C34H44N2O7. The predicted molar refractivity (Wildman–Crippen MR) is 166 cm³/mol. The Morgan fingerprint density at radius 3 is 2.40 bits per heavy atom. The van der Waals surface area contributed by atoms with Gasteiger partial charge in [0, 0.05) is 47.7 Å². The molecule has 2 aliphatic heterocycles. The van der Waals surface area contributed by atoms with Gasteiger partial charge in [0.25, 0.3) is 5.69 Å². The van der Waals surface area contributed by atoms with E-state index in [2.05, 4.69) is 24.8 Å². The number of rotatable bonds is 15. The Balaban J connectivity index is 1.37. The van der Waals surface area contributed by atoms with Gasteiger partial charge in [-0.05, 0) is 50.5 Å². The molecule has 0 amide bonds. The summed E-state index contributed by atoms with van der Waals surface area (Å²) >= 11 is 0. The summed E-state index contributed by atoms with van der Waals surface area (Å²) in [5.41, 5.74) is 1.24. The number of carbonyl (C=O) groups is 2. The van der Waals surface area contributed by atoms with Crippen molar-refractivity contribution in [3.05, 3.63) is 69.3 Å². The average Bonchev–Trinajstić information content (AvgIpc) is 3.16. The molecule has 0 fully saturated rings. The van der Waals surface area contributed by atoms with Crippen molar-refractivity contribution in [2.24, 2.45) is 5.92 Å². The van der Waals surface area contributed by atoms with Crippen LogP contribution in [0.25, 0.3) is 6.08 Å². The highest BCUT2D eigenvalue weighted by Crippen LogP contribution is 2.55. The summed E-state index contributed by atoms with van der Waals surface area (Å²) in [4.78, 5) is 37.3. The van der Waals surface area contributed by atoms with Crippen LogP contribution in [0.3, 0.4) is 0 Å². The van der Waals surface area contributed by atoms with Gasteiger partial charge in [0.05, 0.1) is 23.5 Å². The molecule has 0 radical (unpaired) electrons. The van der Waals surface area contributed by atoms with Crippen LogP contribution < -0.4 is 9.64 Å². The summed E-state index contributed by atoms with van der Waals surface area (Å²) in [7, 11) is 0. The Labute approximate surface area is 254 Å². The third kappa shape index (κ3) is 6.77. The topological polar surface area (TPSA) is 119 Å². The van der Waals surface area contributed by atoms with Crippen molar-refractivity contribution in [1.29, 1.82) is 0 Å². The number of para-hydroxylation sites is 1. The van der Waals surface area contributed by atoms with E-state index in [4.69, 9.17) is 9.47 Å². The number of nitro benzene ring substituents is 1. The van der Waals surface area contributed by atoms with Crippen molar-refractivity contribution in [2.45, 2.75) is 96.8 Å². The number of Topliss-reactive ketones (excluding diaryl/α,β-unsaturated/α-hetero) is 1. The summed E-state index contributed by atoms with van der Waals surface area (Å²) in [6.07, 6.45) is 10.5. The number of hydrogen-bond acceptors (Lipinski definition) is 8. The first-order valence-corrected chi connectivity index (χ1v) is 15.4. The molecule has 1 atom stereocenters. The molecule has 4 rings (SSSR count). The first-order valence-electron chi connectivity index (χ1n) is 15.4. The number of non-ortho nitro benzene ring substituents is 1. The molecule has 2 aliphatic rings. The van der Waals surface area contributed by atoms with Crippen LogP contribution in [0.15, 0.2) is 42.5 Å². The van der Waals surface area contributed by atoms with Gasteiger partial charge in [-0.2, -0.15) is 0 Å². The van der Waals surface area contributed by atoms with Crippen molar-refractivity contribution in [1.82, 2.24) is 0 Å². The number of ether oxygens (including phenoxy) is 2. The summed E-state index contributed by atoms with van der Waals surface area (Å²) in [6.45, 7) is 8.19. The normalized spacial score (nSPS) is 18.0. The zero-order valence-electron chi connectivity index (χ0n) is 25.8. The van der Waals surface area contributed by atoms with Crippen molar-refractivity contribution in [2.75, 3.05) is 18.1 Å². The van der Waals surface area contributed by atoms with E-state index in [1.807, 2.05) is 44.2 Å². The van der Waals surface area contributed by atoms with Gasteiger partial charge in [-0.1, -0.05) is 57.7 Å². The van der Waals surface area contributed by atoms with E-state index in [1.54, 1.807) is 0 Å². The highest BCUT2D eigenvalue weighted by Gasteiger charge is 2.59. The number of aliphatic hydroxyl groups excluding tert-OH is 1. The minimum atomic E-state index is -1.00. The van der Waals surface area contributed by atoms with Gasteiger partial charge in [0.1, 0.15) is 18.1 Å². The number of fused-ring (bicyclic) bond motifs is 2. The van der Waals surface area contributed by atoms with Gasteiger partial charge in [0.2, 0.25) is 5.72 Å². The third-order valence-electron chi connectivity index (χ3n) is 8.75. The van der Waals surface area contributed by atoms with Gasteiger partial charge < -0.3 is 19.5 Å². The van der Waals surface area contributed by atoms with E-state index in [0.29, 0.717) is 42.0 Å². The fourth-order valence-electron chi connectivity index (χ4n) is 6.16. The van der Waals surface area contributed by atoms with Crippen molar-refractivity contribution >= 4 is 29.2 Å². The Morgan fingerprint density at radius 1 is 1.05 bits per heavy atom. The first-order chi connectivity index (χ1) is 20.5. The first kappa shape index (κ1) is 32.2. The van der Waals surface area contributed by atoms with Crippen LogP contribution in [0.5, 0.6) is 5.75 Å². The maximum atomic E-state index is 12.6. The molecule has 1 N–H and O–H groups in total. The van der Waals surface area contributed by atoms with E-state index in [-0.39, 0.29) is 24.2 Å². The Morgan fingerprint density at radius 2 is 1.72 bits per heavy atom. The van der Waals surface area contributed by atoms with E-state index in [1.165, 1.54) is 12.1 Å². The Bertz CT molecular complexity index is 1370. The van der Waals surface area contributed by atoms with Gasteiger partial charge in [0.15, 0.2) is 0 Å². The maximum absolute atomic E-state index is 12.6. The molecule has 2 aromatic rings. The van der Waals surface area contributed by atoms with Crippen LogP contribution in [0.2, 0.25) is 0 Å². The Kier molecular flexibility index (Phi) is 10.3. The van der Waals surface area contributed by atoms with Crippen LogP contribution in [0, 0.1) is 16.0 Å². The van der Waals surface area contributed by atoms with Crippen LogP contribution in [-0.4, -0.2) is 40.7 Å². The summed E-state index contributed by atoms with van der Waals surface area (Å²) in [6, 6.07) is 10.8. The summed E-state index contributed by atoms with van der Waals surface area (Å²) in [5.74, 6) is 0.609. The van der Waals surface area contributed by atoms with Crippen LogP contribution in [0.1, 0.15) is 95.8 Å². The number of nitro groups is 1. The van der Waals surface area contributed by atoms with Gasteiger partial charge in [-0.3, -0.25) is 19.7 Å². The van der Waals surface area contributed by atoms with Gasteiger partial charge in [-0.15, -0.1) is 0 Å². The fourth-order valence-corrected chi connectivity index (χ4v) is 6.16. The standard InChI is InChI=1S/C34H44N2O7/c1-24(2)30(38)15-9-7-5-6-8-10-16-31(39)42-20-19-35-29-14-12-11-13-28(29)33(3,4)34(35)18-17-25-21-27(36(40)41)22-26(23-37)32(25)43-34/h11-14,17-18,21-22,24,37H,5-10,15-16,19-20,23H2,1-4H3. The van der Waals surface area contributed by atoms with Crippen LogP contribution in [0.4, 0.5) is 11.4 Å². The molecular weight excluding hydrogens is 548 g/mol. The predicted octanol–water partition coefficient (Wildman–Crippen LogP) is 6.88. The molecule has 232 valence electrons. The quantitative estimate of drug-likeness (QED) is 0.103. The van der Waals surface area contributed by atoms with E-state index in [0.717, 1.165) is 49.8 Å². The number of hydrogen-bond donors (Lipinski definition) is 1. The zero-order valence-corrected chi connectivity index (χ0v) is 25.8. The second-order valence-electron chi connectivity index (χ2n) is 12.3.